The number of aromatic nitrogens is 2. The van der Waals surface area contributed by atoms with E-state index in [4.69, 9.17) is 5.73 Å². The van der Waals surface area contributed by atoms with Crippen LogP contribution in [0, 0.1) is 5.92 Å². The van der Waals surface area contributed by atoms with E-state index in [1.54, 1.807) is 0 Å². The van der Waals surface area contributed by atoms with Crippen molar-refractivity contribution in [2.24, 2.45) is 11.7 Å². The average molecular weight is 236 g/mol. The van der Waals surface area contributed by atoms with Gasteiger partial charge in [0.25, 0.3) is 0 Å². The molecule has 1 aliphatic heterocycles. The molecule has 4 heteroatoms. The fraction of sp³-hybridized carbons (Fsp3) is 0.769. The van der Waals surface area contributed by atoms with Crippen molar-refractivity contribution in [1.82, 2.24) is 14.7 Å². The second-order valence-corrected chi connectivity index (χ2v) is 5.10. The highest BCUT2D eigenvalue weighted by atomic mass is 15.3. The van der Waals surface area contributed by atoms with Gasteiger partial charge < -0.3 is 5.73 Å². The van der Waals surface area contributed by atoms with Crippen molar-refractivity contribution in [1.29, 1.82) is 0 Å². The van der Waals surface area contributed by atoms with Crippen LogP contribution >= 0.6 is 0 Å². The molecule has 0 bridgehead atoms. The van der Waals surface area contributed by atoms with Crippen molar-refractivity contribution >= 4 is 0 Å². The second kappa shape index (κ2) is 5.65. The molecule has 0 spiro atoms. The monoisotopic (exact) mass is 236 g/mol. The van der Waals surface area contributed by atoms with E-state index < -0.39 is 0 Å². The molecule has 2 N–H and O–H groups in total. The molecule has 1 fully saturated rings. The van der Waals surface area contributed by atoms with Gasteiger partial charge in [0.1, 0.15) is 0 Å². The lowest BCUT2D eigenvalue weighted by atomic mass is 9.86. The Morgan fingerprint density at radius 1 is 1.53 bits per heavy atom. The third kappa shape index (κ3) is 2.69. The summed E-state index contributed by atoms with van der Waals surface area (Å²) < 4.78 is 2.05. The average Bonchev–Trinajstić information content (AvgIpc) is 2.77. The van der Waals surface area contributed by atoms with E-state index in [-0.39, 0.29) is 0 Å². The van der Waals surface area contributed by atoms with Crippen LogP contribution in [0.2, 0.25) is 0 Å². The van der Waals surface area contributed by atoms with E-state index in [0.29, 0.717) is 12.0 Å². The van der Waals surface area contributed by atoms with Gasteiger partial charge in [-0.1, -0.05) is 6.92 Å². The smallest absolute Gasteiger partial charge is 0.0537 e. The maximum Gasteiger partial charge on any atom is 0.0537 e. The number of likely N-dealkylation sites (tertiary alicyclic amines) is 1. The van der Waals surface area contributed by atoms with E-state index in [2.05, 4.69) is 30.2 Å². The maximum absolute atomic E-state index is 5.90. The highest BCUT2D eigenvalue weighted by Gasteiger charge is 2.30. The number of hydrogen-bond donors (Lipinski definition) is 1. The van der Waals surface area contributed by atoms with Gasteiger partial charge >= 0.3 is 0 Å². The molecule has 1 saturated heterocycles. The van der Waals surface area contributed by atoms with Gasteiger partial charge in [-0.05, 0) is 45.3 Å². The van der Waals surface area contributed by atoms with Crippen LogP contribution in [0.3, 0.4) is 0 Å². The molecule has 1 aromatic rings. The quantitative estimate of drug-likeness (QED) is 0.864. The third-order valence-corrected chi connectivity index (χ3v) is 3.76. The van der Waals surface area contributed by atoms with Gasteiger partial charge in [0.15, 0.2) is 0 Å². The topological polar surface area (TPSA) is 47.1 Å². The second-order valence-electron chi connectivity index (χ2n) is 5.10. The minimum atomic E-state index is 0.458. The number of rotatable bonds is 4. The Morgan fingerprint density at radius 3 is 3.06 bits per heavy atom. The summed E-state index contributed by atoms with van der Waals surface area (Å²) in [5.74, 6) is 0.577. The number of hydrogen-bond acceptors (Lipinski definition) is 3. The van der Waals surface area contributed by atoms with Crippen molar-refractivity contribution < 1.29 is 0 Å². The van der Waals surface area contributed by atoms with Crippen molar-refractivity contribution in [3.05, 3.63) is 18.0 Å². The van der Waals surface area contributed by atoms with Crippen LogP contribution in [0.5, 0.6) is 0 Å². The fourth-order valence-electron chi connectivity index (χ4n) is 2.92. The van der Waals surface area contributed by atoms with Gasteiger partial charge in [-0.25, -0.2) is 0 Å². The van der Waals surface area contributed by atoms with Gasteiger partial charge in [-0.2, -0.15) is 5.10 Å². The zero-order valence-electron chi connectivity index (χ0n) is 11.0. The summed E-state index contributed by atoms with van der Waals surface area (Å²) in [6, 6.07) is 0.458. The van der Waals surface area contributed by atoms with Crippen LogP contribution in [-0.4, -0.2) is 34.8 Å². The van der Waals surface area contributed by atoms with Gasteiger partial charge in [-0.15, -0.1) is 0 Å². The number of piperidine rings is 1. The summed E-state index contributed by atoms with van der Waals surface area (Å²) in [4.78, 5) is 2.42. The molecule has 0 amide bonds. The number of nitrogens with two attached hydrogens (primary N) is 1. The van der Waals surface area contributed by atoms with Crippen LogP contribution in [0.15, 0.2) is 12.4 Å². The molecule has 0 aromatic carbocycles. The lowest BCUT2D eigenvalue weighted by Gasteiger charge is -2.38. The molecule has 0 radical (unpaired) electrons. The first-order chi connectivity index (χ1) is 8.26. The molecule has 0 saturated carbocycles. The minimum absolute atomic E-state index is 0.458. The Morgan fingerprint density at radius 2 is 2.35 bits per heavy atom. The predicted molar refractivity (Wildman–Crippen MR) is 69.7 cm³/mol. The summed E-state index contributed by atoms with van der Waals surface area (Å²) in [6.45, 7) is 5.12. The Labute approximate surface area is 104 Å². The third-order valence-electron chi connectivity index (χ3n) is 3.76. The lowest BCUT2D eigenvalue weighted by Crippen LogP contribution is -2.39. The molecule has 1 aromatic heterocycles. The van der Waals surface area contributed by atoms with Gasteiger partial charge in [0.2, 0.25) is 0 Å². The Kier molecular flexibility index (Phi) is 4.18. The van der Waals surface area contributed by atoms with E-state index in [1.165, 1.54) is 24.9 Å². The van der Waals surface area contributed by atoms with Crippen LogP contribution in [0.4, 0.5) is 0 Å². The molecule has 0 aliphatic carbocycles. The zero-order chi connectivity index (χ0) is 12.3. The summed E-state index contributed by atoms with van der Waals surface area (Å²) in [6.07, 6.45) is 7.84. The van der Waals surface area contributed by atoms with Crippen molar-refractivity contribution in [3.8, 4) is 0 Å². The number of aryl methyl sites for hydroxylation is 1. The SMILES string of the molecule is CCCn1cc(C2C(CN)CCCN2C)cn1. The maximum atomic E-state index is 5.90. The molecule has 96 valence electrons. The predicted octanol–water partition coefficient (Wildman–Crippen LogP) is 1.63. The van der Waals surface area contributed by atoms with E-state index in [0.717, 1.165) is 19.5 Å². The highest BCUT2D eigenvalue weighted by Crippen LogP contribution is 2.33. The molecule has 1 aliphatic rings. The fourth-order valence-corrected chi connectivity index (χ4v) is 2.92. The van der Waals surface area contributed by atoms with Crippen LogP contribution < -0.4 is 5.73 Å². The van der Waals surface area contributed by atoms with Crippen molar-refractivity contribution in [3.63, 3.8) is 0 Å². The van der Waals surface area contributed by atoms with E-state index >= 15 is 0 Å². The van der Waals surface area contributed by atoms with Crippen molar-refractivity contribution in [2.75, 3.05) is 20.1 Å². The Balaban J connectivity index is 2.16. The molecule has 2 rings (SSSR count). The molecule has 2 heterocycles. The van der Waals surface area contributed by atoms with Gasteiger partial charge in [0.05, 0.1) is 6.20 Å². The normalized spacial score (nSPS) is 26.3. The lowest BCUT2D eigenvalue weighted by molar-refractivity contribution is 0.125. The molecular formula is C13H24N4. The first-order valence-electron chi connectivity index (χ1n) is 6.69. The zero-order valence-corrected chi connectivity index (χ0v) is 11.0. The van der Waals surface area contributed by atoms with Gasteiger partial charge in [-0.3, -0.25) is 9.58 Å². The van der Waals surface area contributed by atoms with E-state index in [1.807, 2.05) is 10.9 Å². The van der Waals surface area contributed by atoms with Crippen molar-refractivity contribution in [2.45, 2.75) is 38.8 Å². The Hall–Kier alpha value is -0.870. The summed E-state index contributed by atoms with van der Waals surface area (Å²) in [5, 5.41) is 4.43. The molecular weight excluding hydrogens is 212 g/mol. The first-order valence-corrected chi connectivity index (χ1v) is 6.69. The van der Waals surface area contributed by atoms with Crippen LogP contribution in [0.25, 0.3) is 0 Å². The Bertz CT molecular complexity index is 347. The minimum Gasteiger partial charge on any atom is -0.330 e. The summed E-state index contributed by atoms with van der Waals surface area (Å²) in [7, 11) is 2.20. The molecule has 4 nitrogen and oxygen atoms in total. The number of nitrogens with zero attached hydrogens (tertiary/aromatic N) is 3. The van der Waals surface area contributed by atoms with Crippen LogP contribution in [0.1, 0.15) is 37.8 Å². The molecule has 2 unspecified atom stereocenters. The highest BCUT2D eigenvalue weighted by molar-refractivity contribution is 5.13. The standard InChI is InChI=1S/C13H24N4/c1-3-6-17-10-12(9-15-17)13-11(8-14)5-4-7-16(13)2/h9-11,13H,3-8,14H2,1-2H3. The van der Waals surface area contributed by atoms with Crippen LogP contribution in [-0.2, 0) is 6.54 Å². The molecule has 2 atom stereocenters. The van der Waals surface area contributed by atoms with Gasteiger partial charge in [0, 0.05) is 24.3 Å². The van der Waals surface area contributed by atoms with E-state index in [9.17, 15) is 0 Å². The largest absolute Gasteiger partial charge is 0.330 e. The first kappa shape index (κ1) is 12.6. The molecule has 17 heavy (non-hydrogen) atoms. The summed E-state index contributed by atoms with van der Waals surface area (Å²) in [5.41, 5.74) is 7.23. The summed E-state index contributed by atoms with van der Waals surface area (Å²) >= 11 is 0.